The summed E-state index contributed by atoms with van der Waals surface area (Å²) in [5, 5.41) is 1.14. The summed E-state index contributed by atoms with van der Waals surface area (Å²) < 4.78 is 0. The number of fused-ring (bicyclic) bond motifs is 1. The second kappa shape index (κ2) is 11.1. The molecule has 1 aromatic carbocycles. The van der Waals surface area contributed by atoms with Gasteiger partial charge in [-0.05, 0) is 12.1 Å². The van der Waals surface area contributed by atoms with Gasteiger partial charge in [0.25, 0.3) is 0 Å². The summed E-state index contributed by atoms with van der Waals surface area (Å²) >= 11 is 3.14. The molecule has 1 nitrogen and oxygen atoms in total. The minimum absolute atomic E-state index is 0. The van der Waals surface area contributed by atoms with Crippen LogP contribution in [-0.4, -0.2) is 13.1 Å². The second-order valence-corrected chi connectivity index (χ2v) is 12.6. The van der Waals surface area contributed by atoms with Crippen molar-refractivity contribution >= 4 is 14.1 Å². The van der Waals surface area contributed by atoms with E-state index in [0.717, 1.165) is 10.8 Å². The SMILES string of the molecule is C[Si](C)(C)C1C(C[CH2][Cr+2])=Cc2ccccc21.[Cl-].[Cl-].c1ccncc1. The van der Waals surface area contributed by atoms with Crippen LogP contribution in [0.25, 0.3) is 6.08 Å². The number of hydrogen-bond acceptors (Lipinski definition) is 1. The van der Waals surface area contributed by atoms with Crippen molar-refractivity contribution in [1.29, 1.82) is 0 Å². The van der Waals surface area contributed by atoms with Gasteiger partial charge in [0, 0.05) is 12.4 Å². The Kier molecular flexibility index (Phi) is 10.9. The van der Waals surface area contributed by atoms with Crippen LogP contribution in [0.1, 0.15) is 23.1 Å². The molecular weight excluding hydrogens is 393 g/mol. The molecule has 3 rings (SSSR count). The first-order chi connectivity index (χ1) is 10.5. The maximum absolute atomic E-state index is 3.78. The van der Waals surface area contributed by atoms with E-state index in [0.29, 0.717) is 0 Å². The minimum Gasteiger partial charge on any atom is -1.00 e. The number of allylic oxidation sites excluding steroid dienone is 1. The van der Waals surface area contributed by atoms with E-state index in [9.17, 15) is 0 Å². The quantitative estimate of drug-likeness (QED) is 0.614. The first kappa shape index (κ1) is 23.4. The van der Waals surface area contributed by atoms with Crippen molar-refractivity contribution in [2.45, 2.75) is 36.9 Å². The Hall–Kier alpha value is -0.561. The van der Waals surface area contributed by atoms with E-state index in [-0.39, 0.29) is 24.8 Å². The van der Waals surface area contributed by atoms with Crippen LogP contribution in [0.2, 0.25) is 24.9 Å². The minimum atomic E-state index is -1.16. The number of nitrogens with zero attached hydrogens (tertiary/aromatic N) is 1. The zero-order chi connectivity index (χ0) is 16.0. The van der Waals surface area contributed by atoms with E-state index < -0.39 is 8.07 Å². The van der Waals surface area contributed by atoms with E-state index in [4.69, 9.17) is 0 Å². The zero-order valence-electron chi connectivity index (χ0n) is 14.4. The zero-order valence-corrected chi connectivity index (χ0v) is 18.2. The van der Waals surface area contributed by atoms with Crippen LogP contribution >= 0.6 is 0 Å². The van der Waals surface area contributed by atoms with Gasteiger partial charge >= 0.3 is 108 Å². The monoisotopic (exact) mass is 416 g/mol. The van der Waals surface area contributed by atoms with Crippen LogP contribution in [-0.2, 0) is 16.3 Å². The average Bonchev–Trinajstić information content (AvgIpc) is 2.88. The van der Waals surface area contributed by atoms with Gasteiger partial charge in [-0.2, -0.15) is 0 Å². The van der Waals surface area contributed by atoms with Crippen LogP contribution in [0.5, 0.6) is 0 Å². The van der Waals surface area contributed by atoms with Crippen molar-refractivity contribution in [1.82, 2.24) is 4.98 Å². The molecule has 1 unspecified atom stereocenters. The smallest absolute Gasteiger partial charge is 0.0267 e. The van der Waals surface area contributed by atoms with Crippen LogP contribution in [0.4, 0.5) is 0 Å². The largest absolute Gasteiger partial charge is 1.00 e. The second-order valence-electron chi connectivity index (χ2n) is 6.63. The van der Waals surface area contributed by atoms with Gasteiger partial charge in [-0.25, -0.2) is 0 Å². The van der Waals surface area contributed by atoms with Crippen LogP contribution in [0.15, 0.2) is 60.4 Å². The van der Waals surface area contributed by atoms with Crippen molar-refractivity contribution < 1.29 is 41.1 Å². The Morgan fingerprint density at radius 1 is 0.958 bits per heavy atom. The molecule has 1 aliphatic carbocycles. The van der Waals surface area contributed by atoms with Gasteiger partial charge in [0.05, 0.1) is 0 Å². The molecule has 0 saturated carbocycles. The van der Waals surface area contributed by atoms with Gasteiger partial charge in [-0.15, -0.1) is 0 Å². The molecule has 0 amide bonds. The topological polar surface area (TPSA) is 12.9 Å². The van der Waals surface area contributed by atoms with Crippen molar-refractivity contribution in [2.75, 3.05) is 0 Å². The van der Waals surface area contributed by atoms with Crippen molar-refractivity contribution in [3.8, 4) is 0 Å². The summed E-state index contributed by atoms with van der Waals surface area (Å²) in [6, 6.07) is 14.6. The summed E-state index contributed by atoms with van der Waals surface area (Å²) in [7, 11) is -1.16. The van der Waals surface area contributed by atoms with Crippen molar-refractivity contribution in [2.24, 2.45) is 0 Å². The summed E-state index contributed by atoms with van der Waals surface area (Å²) in [5.41, 5.74) is 5.42. The number of hydrogen-bond donors (Lipinski definition) is 0. The predicted molar refractivity (Wildman–Crippen MR) is 94.2 cm³/mol. The number of halogens is 2. The van der Waals surface area contributed by atoms with Crippen molar-refractivity contribution in [3.05, 3.63) is 71.6 Å². The fourth-order valence-electron chi connectivity index (χ4n) is 3.06. The number of benzene rings is 1. The third-order valence-electron chi connectivity index (χ3n) is 3.84. The molecule has 0 N–H and O–H groups in total. The summed E-state index contributed by atoms with van der Waals surface area (Å²) in [4.78, 5) is 3.78. The molecule has 2 aromatic rings. The standard InChI is InChI=1S/C14H19Si.C5H5N.2ClH.Cr/c1-5-11-10-12-8-6-7-9-13(12)14(11)15(2,3)4;1-2-4-6-5-3-1;;;/h6-10,14H,1,5H2,2-4H3;1-5H;2*1H;/q;;;;+2/p-2. The van der Waals surface area contributed by atoms with E-state index in [2.05, 4.69) is 71.3 Å². The fourth-order valence-corrected chi connectivity index (χ4v) is 5.96. The molecule has 1 heterocycles. The molecule has 0 aliphatic heterocycles. The maximum atomic E-state index is 3.78. The molecule has 5 heteroatoms. The summed E-state index contributed by atoms with van der Waals surface area (Å²) in [6.45, 7) is 7.44. The summed E-state index contributed by atoms with van der Waals surface area (Å²) in [6.07, 6.45) is 7.14. The molecule has 24 heavy (non-hydrogen) atoms. The van der Waals surface area contributed by atoms with Gasteiger partial charge in [-0.1, -0.05) is 6.07 Å². The van der Waals surface area contributed by atoms with E-state index >= 15 is 0 Å². The van der Waals surface area contributed by atoms with Gasteiger partial charge in [0.1, 0.15) is 0 Å². The van der Waals surface area contributed by atoms with Gasteiger partial charge in [-0.3, -0.25) is 4.98 Å². The molecule has 0 fully saturated rings. The number of pyridine rings is 1. The Morgan fingerprint density at radius 3 is 2.04 bits per heavy atom. The molecule has 1 atom stereocenters. The van der Waals surface area contributed by atoms with E-state index in [1.54, 1.807) is 23.5 Å². The molecule has 0 saturated heterocycles. The third-order valence-corrected chi connectivity index (χ3v) is 6.57. The first-order valence-electron chi connectivity index (χ1n) is 7.76. The van der Waals surface area contributed by atoms with Crippen LogP contribution in [0, 0.1) is 0 Å². The molecule has 0 spiro atoms. The average molecular weight is 417 g/mol. The van der Waals surface area contributed by atoms with Crippen LogP contribution in [0.3, 0.4) is 0 Å². The van der Waals surface area contributed by atoms with Crippen molar-refractivity contribution in [3.63, 3.8) is 0 Å². The molecule has 1 aromatic heterocycles. The van der Waals surface area contributed by atoms with Gasteiger partial charge in [0.15, 0.2) is 0 Å². The first-order valence-corrected chi connectivity index (χ1v) is 12.2. The number of rotatable bonds is 3. The Balaban J connectivity index is 0.000000565. The van der Waals surface area contributed by atoms with Crippen LogP contribution < -0.4 is 24.8 Å². The van der Waals surface area contributed by atoms with E-state index in [1.165, 1.54) is 12.0 Å². The normalized spacial score (nSPS) is 14.9. The Bertz CT molecular complexity index is 600. The molecule has 129 valence electrons. The fraction of sp³-hybridized carbons (Fsp3) is 0.316. The maximum Gasteiger partial charge on any atom is 0.0267 e. The van der Waals surface area contributed by atoms with E-state index in [1.807, 2.05) is 18.2 Å². The molecule has 0 radical (unpaired) electrons. The molecule has 0 bridgehead atoms. The predicted octanol–water partition coefficient (Wildman–Crippen LogP) is -0.511. The Labute approximate surface area is 168 Å². The molecular formula is C19H24Cl2CrNSi. The molecule has 1 aliphatic rings. The number of aromatic nitrogens is 1. The van der Waals surface area contributed by atoms with Gasteiger partial charge in [0.2, 0.25) is 0 Å². The third kappa shape index (κ3) is 6.39. The summed E-state index contributed by atoms with van der Waals surface area (Å²) in [5.74, 6) is 0. The Morgan fingerprint density at radius 2 is 1.58 bits per heavy atom. The van der Waals surface area contributed by atoms with Gasteiger partial charge < -0.3 is 24.8 Å².